The molecule has 0 bridgehead atoms. The van der Waals surface area contributed by atoms with E-state index in [0.29, 0.717) is 5.56 Å². The maximum absolute atomic E-state index is 12.6. The summed E-state index contributed by atoms with van der Waals surface area (Å²) in [6, 6.07) is 4.97. The van der Waals surface area contributed by atoms with Crippen LogP contribution in [0.1, 0.15) is 36.5 Å². The third kappa shape index (κ3) is 2.93. The van der Waals surface area contributed by atoms with E-state index in [1.54, 1.807) is 6.07 Å². The second-order valence-electron chi connectivity index (χ2n) is 4.61. The molecule has 0 saturated heterocycles. The molecule has 0 radical (unpaired) electrons. The molecule has 2 atom stereocenters. The van der Waals surface area contributed by atoms with Crippen molar-refractivity contribution in [3.8, 4) is 0 Å². The van der Waals surface area contributed by atoms with E-state index in [4.69, 9.17) is 0 Å². The number of hydrogen-bond acceptors (Lipinski definition) is 1. The number of aliphatic hydroxyl groups excluding tert-OH is 1. The van der Waals surface area contributed by atoms with Gasteiger partial charge in [-0.05, 0) is 42.9 Å². The molecule has 0 aliphatic heterocycles. The molecule has 0 saturated carbocycles. The summed E-state index contributed by atoms with van der Waals surface area (Å²) in [5.74, 6) is 0.0125. The lowest BCUT2D eigenvalue weighted by Gasteiger charge is -2.24. The maximum atomic E-state index is 12.6. The molecule has 1 aliphatic carbocycles. The third-order valence-corrected chi connectivity index (χ3v) is 3.31. The first-order chi connectivity index (χ1) is 8.48. The van der Waals surface area contributed by atoms with Gasteiger partial charge in [0.2, 0.25) is 0 Å². The van der Waals surface area contributed by atoms with Crippen LogP contribution in [0.25, 0.3) is 0 Å². The molecule has 98 valence electrons. The number of aliphatic hydroxyl groups is 1. The monoisotopic (exact) mass is 256 g/mol. The summed E-state index contributed by atoms with van der Waals surface area (Å²) in [6.07, 6.45) is 1.24. The minimum Gasteiger partial charge on any atom is -0.388 e. The lowest BCUT2D eigenvalue weighted by atomic mass is 9.85. The van der Waals surface area contributed by atoms with Crippen molar-refractivity contribution >= 4 is 0 Å². The number of halogens is 3. The van der Waals surface area contributed by atoms with Gasteiger partial charge in [-0.25, -0.2) is 0 Å². The van der Waals surface area contributed by atoms with Crippen LogP contribution in [0, 0.1) is 5.92 Å². The Hall–Kier alpha value is -1.29. The third-order valence-electron chi connectivity index (χ3n) is 3.31. The molecule has 1 nitrogen and oxygen atoms in total. The van der Waals surface area contributed by atoms with Crippen molar-refractivity contribution < 1.29 is 18.3 Å². The van der Waals surface area contributed by atoms with Crippen molar-refractivity contribution in [2.24, 2.45) is 5.92 Å². The van der Waals surface area contributed by atoms with Gasteiger partial charge in [-0.1, -0.05) is 24.3 Å². The molecule has 0 spiro atoms. The second kappa shape index (κ2) is 5.14. The molecule has 18 heavy (non-hydrogen) atoms. The Morgan fingerprint density at radius 2 is 2.00 bits per heavy atom. The summed E-state index contributed by atoms with van der Waals surface area (Å²) in [5.41, 5.74) is -0.351. The van der Waals surface area contributed by atoms with Crippen molar-refractivity contribution in [3.05, 3.63) is 47.5 Å². The maximum Gasteiger partial charge on any atom is 0.416 e. The van der Waals surface area contributed by atoms with Gasteiger partial charge in [-0.2, -0.15) is 13.2 Å². The van der Waals surface area contributed by atoms with E-state index in [9.17, 15) is 18.3 Å². The van der Waals surface area contributed by atoms with E-state index in [-0.39, 0.29) is 5.92 Å². The van der Waals surface area contributed by atoms with Gasteiger partial charge in [0, 0.05) is 0 Å². The quantitative estimate of drug-likeness (QED) is 0.790. The van der Waals surface area contributed by atoms with Gasteiger partial charge in [-0.3, -0.25) is 0 Å². The largest absolute Gasteiger partial charge is 0.416 e. The van der Waals surface area contributed by atoms with Gasteiger partial charge in [-0.15, -0.1) is 0 Å². The zero-order valence-corrected chi connectivity index (χ0v) is 9.82. The highest BCUT2D eigenvalue weighted by Crippen LogP contribution is 2.35. The zero-order chi connectivity index (χ0) is 13.2. The van der Waals surface area contributed by atoms with Crippen LogP contribution >= 0.6 is 0 Å². The van der Waals surface area contributed by atoms with Crippen molar-refractivity contribution in [2.45, 2.75) is 31.5 Å². The number of benzene rings is 1. The Morgan fingerprint density at radius 1 is 1.22 bits per heavy atom. The Bertz CT molecular complexity index is 437. The van der Waals surface area contributed by atoms with E-state index >= 15 is 0 Å². The van der Waals surface area contributed by atoms with Gasteiger partial charge >= 0.3 is 6.18 Å². The SMILES string of the molecule is OC(c1cccc(C(F)(F)F)c1)C1CC=CCC1. The molecule has 2 rings (SSSR count). The highest BCUT2D eigenvalue weighted by atomic mass is 19.4. The zero-order valence-electron chi connectivity index (χ0n) is 9.82. The summed E-state index contributed by atoms with van der Waals surface area (Å²) < 4.78 is 37.7. The minimum absolute atomic E-state index is 0.0125. The van der Waals surface area contributed by atoms with Crippen LogP contribution in [0.3, 0.4) is 0 Å². The minimum atomic E-state index is -4.36. The first kappa shape index (κ1) is 13.1. The Balaban J connectivity index is 2.20. The molecular weight excluding hydrogens is 241 g/mol. The molecule has 0 amide bonds. The fourth-order valence-electron chi connectivity index (χ4n) is 2.27. The first-order valence-electron chi connectivity index (χ1n) is 5.98. The number of hydrogen-bond donors (Lipinski definition) is 1. The number of rotatable bonds is 2. The van der Waals surface area contributed by atoms with Crippen LogP contribution in [0.5, 0.6) is 0 Å². The molecule has 0 fully saturated rings. The smallest absolute Gasteiger partial charge is 0.388 e. The standard InChI is InChI=1S/C14H15F3O/c15-14(16,17)12-8-4-7-11(9-12)13(18)10-5-2-1-3-6-10/h1-2,4,7-10,13,18H,3,5-6H2. The van der Waals surface area contributed by atoms with Crippen LogP contribution in [-0.2, 0) is 6.18 Å². The van der Waals surface area contributed by atoms with Crippen molar-refractivity contribution in [2.75, 3.05) is 0 Å². The normalized spacial score (nSPS) is 21.9. The second-order valence-corrected chi connectivity index (χ2v) is 4.61. The van der Waals surface area contributed by atoms with Gasteiger partial charge in [0.1, 0.15) is 0 Å². The summed E-state index contributed by atoms with van der Waals surface area (Å²) in [7, 11) is 0. The van der Waals surface area contributed by atoms with Crippen molar-refractivity contribution in [1.29, 1.82) is 0 Å². The lowest BCUT2D eigenvalue weighted by Crippen LogP contribution is -2.15. The van der Waals surface area contributed by atoms with E-state index in [2.05, 4.69) is 0 Å². The van der Waals surface area contributed by atoms with Crippen molar-refractivity contribution in [3.63, 3.8) is 0 Å². The Kier molecular flexibility index (Phi) is 3.76. The fourth-order valence-corrected chi connectivity index (χ4v) is 2.27. The molecule has 0 heterocycles. The highest BCUT2D eigenvalue weighted by Gasteiger charge is 2.31. The van der Waals surface area contributed by atoms with Crippen LogP contribution in [0.15, 0.2) is 36.4 Å². The van der Waals surface area contributed by atoms with Crippen LogP contribution in [-0.4, -0.2) is 5.11 Å². The molecule has 1 aromatic rings. The summed E-state index contributed by atoms with van der Waals surface area (Å²) in [6.45, 7) is 0. The van der Waals surface area contributed by atoms with Gasteiger partial charge < -0.3 is 5.11 Å². The average Bonchev–Trinajstić information content (AvgIpc) is 2.38. The van der Waals surface area contributed by atoms with E-state index < -0.39 is 17.8 Å². The van der Waals surface area contributed by atoms with Crippen LogP contribution in [0.2, 0.25) is 0 Å². The van der Waals surface area contributed by atoms with Gasteiger partial charge in [0.05, 0.1) is 11.7 Å². The Labute approximate surface area is 104 Å². The van der Waals surface area contributed by atoms with Crippen molar-refractivity contribution in [1.82, 2.24) is 0 Å². The molecule has 4 heteroatoms. The van der Waals surface area contributed by atoms with Gasteiger partial charge in [0.15, 0.2) is 0 Å². The van der Waals surface area contributed by atoms with Crippen LogP contribution in [0.4, 0.5) is 13.2 Å². The first-order valence-corrected chi connectivity index (χ1v) is 5.98. The molecule has 1 N–H and O–H groups in total. The molecular formula is C14H15F3O. The predicted octanol–water partition coefficient (Wildman–Crippen LogP) is 4.10. The molecule has 0 aromatic heterocycles. The summed E-state index contributed by atoms with van der Waals surface area (Å²) in [4.78, 5) is 0. The summed E-state index contributed by atoms with van der Waals surface area (Å²) >= 11 is 0. The molecule has 2 unspecified atom stereocenters. The van der Waals surface area contributed by atoms with Gasteiger partial charge in [0.25, 0.3) is 0 Å². The Morgan fingerprint density at radius 3 is 2.61 bits per heavy atom. The number of alkyl halides is 3. The topological polar surface area (TPSA) is 20.2 Å². The van der Waals surface area contributed by atoms with Crippen LogP contribution < -0.4 is 0 Å². The van der Waals surface area contributed by atoms with E-state index in [1.807, 2.05) is 12.2 Å². The average molecular weight is 256 g/mol. The fraction of sp³-hybridized carbons (Fsp3) is 0.429. The van der Waals surface area contributed by atoms with E-state index in [0.717, 1.165) is 31.4 Å². The molecule has 1 aliphatic rings. The summed E-state index contributed by atoms with van der Waals surface area (Å²) in [5, 5.41) is 10.1. The number of allylic oxidation sites excluding steroid dienone is 2. The molecule has 1 aromatic carbocycles. The van der Waals surface area contributed by atoms with E-state index in [1.165, 1.54) is 6.07 Å². The predicted molar refractivity (Wildman–Crippen MR) is 62.9 cm³/mol. The highest BCUT2D eigenvalue weighted by molar-refractivity contribution is 5.27. The lowest BCUT2D eigenvalue weighted by molar-refractivity contribution is -0.137.